The zero-order valence-corrected chi connectivity index (χ0v) is 12.8. The number of benzene rings is 2. The molecule has 0 saturated heterocycles. The van der Waals surface area contributed by atoms with Gasteiger partial charge in [0.05, 0.1) is 4.92 Å². The molecule has 1 amide bonds. The van der Waals surface area contributed by atoms with Gasteiger partial charge in [0.2, 0.25) is 0 Å². The summed E-state index contributed by atoms with van der Waals surface area (Å²) in [5.41, 5.74) is 0.452. The third-order valence-corrected chi connectivity index (χ3v) is 3.50. The second-order valence-corrected chi connectivity index (χ2v) is 5.22. The van der Waals surface area contributed by atoms with Crippen molar-refractivity contribution < 1.29 is 23.8 Å². The van der Waals surface area contributed by atoms with E-state index in [0.29, 0.717) is 5.56 Å². The number of nitrogens with two attached hydrogens (primary N) is 1. The van der Waals surface area contributed by atoms with Crippen molar-refractivity contribution in [3.63, 3.8) is 0 Å². The van der Waals surface area contributed by atoms with Gasteiger partial charge in [-0.1, -0.05) is 12.1 Å². The molecule has 0 saturated carbocycles. The quantitative estimate of drug-likeness (QED) is 0.626. The Labute approximate surface area is 136 Å². The zero-order chi connectivity index (χ0) is 17.7. The largest absolute Gasteiger partial charge is 0.333 e. The third-order valence-electron chi connectivity index (χ3n) is 3.50. The van der Waals surface area contributed by atoms with Gasteiger partial charge in [-0.3, -0.25) is 14.9 Å². The molecule has 126 valence electrons. The van der Waals surface area contributed by atoms with E-state index in [0.717, 1.165) is 12.1 Å². The molecule has 0 heterocycles. The Morgan fingerprint density at radius 3 is 2.62 bits per heavy atom. The first kappa shape index (κ1) is 17.5. The summed E-state index contributed by atoms with van der Waals surface area (Å²) in [6.45, 7) is 1.72. The van der Waals surface area contributed by atoms with E-state index in [9.17, 15) is 23.7 Å². The van der Waals surface area contributed by atoms with Crippen molar-refractivity contribution in [3.05, 3.63) is 69.8 Å². The van der Waals surface area contributed by atoms with Crippen molar-refractivity contribution in [1.82, 2.24) is 0 Å². The van der Waals surface area contributed by atoms with Crippen molar-refractivity contribution in [2.45, 2.75) is 13.0 Å². The van der Waals surface area contributed by atoms with Crippen LogP contribution in [0.3, 0.4) is 0 Å². The standard InChI is InChI=1S/C16H15F2N3O3/c1-10(11-6-7-12(17)13(18)8-11)19-9-16(22)20-14-4-2-3-5-15(14)21(23)24/h2-8,10,19H,9H2,1H3,(H,20,22)/p+1/t10-/m1/s1. The van der Waals surface area contributed by atoms with Gasteiger partial charge in [-0.25, -0.2) is 8.78 Å². The number of amides is 1. The number of nitrogens with one attached hydrogen (secondary N) is 1. The molecule has 1 atom stereocenters. The molecule has 2 rings (SSSR count). The average molecular weight is 336 g/mol. The van der Waals surface area contributed by atoms with Crippen molar-refractivity contribution in [2.24, 2.45) is 0 Å². The van der Waals surface area contributed by atoms with Crippen LogP contribution in [0.1, 0.15) is 18.5 Å². The summed E-state index contributed by atoms with van der Waals surface area (Å²) in [5, 5.41) is 15.0. The minimum atomic E-state index is -0.947. The Morgan fingerprint density at radius 1 is 1.25 bits per heavy atom. The fourth-order valence-corrected chi connectivity index (χ4v) is 2.16. The summed E-state index contributed by atoms with van der Waals surface area (Å²) in [6, 6.07) is 9.09. The zero-order valence-electron chi connectivity index (χ0n) is 12.8. The Hall–Kier alpha value is -2.87. The molecule has 0 spiro atoms. The summed E-state index contributed by atoms with van der Waals surface area (Å²) >= 11 is 0. The number of nitrogens with zero attached hydrogens (tertiary/aromatic N) is 1. The summed E-state index contributed by atoms with van der Waals surface area (Å²) in [6.07, 6.45) is 0. The van der Waals surface area contributed by atoms with Gasteiger partial charge in [-0.05, 0) is 31.2 Å². The van der Waals surface area contributed by atoms with Crippen LogP contribution in [0.5, 0.6) is 0 Å². The molecule has 2 aromatic rings. The number of nitro benzene ring substituents is 1. The van der Waals surface area contributed by atoms with Gasteiger partial charge >= 0.3 is 0 Å². The van der Waals surface area contributed by atoms with Gasteiger partial charge in [0.1, 0.15) is 11.7 Å². The van der Waals surface area contributed by atoms with Crippen LogP contribution in [0, 0.1) is 21.7 Å². The predicted molar refractivity (Wildman–Crippen MR) is 83.3 cm³/mol. The lowest BCUT2D eigenvalue weighted by atomic mass is 10.1. The summed E-state index contributed by atoms with van der Waals surface area (Å²) in [5.74, 6) is -2.31. The maximum absolute atomic E-state index is 13.2. The second-order valence-electron chi connectivity index (χ2n) is 5.22. The molecule has 6 nitrogen and oxygen atoms in total. The molecule has 0 radical (unpaired) electrons. The maximum atomic E-state index is 13.2. The number of carbonyl (C=O) groups excluding carboxylic acids is 1. The maximum Gasteiger partial charge on any atom is 0.292 e. The summed E-state index contributed by atoms with van der Waals surface area (Å²) in [4.78, 5) is 22.3. The molecule has 2 aromatic carbocycles. The fourth-order valence-electron chi connectivity index (χ4n) is 2.16. The van der Waals surface area contributed by atoms with Crippen LogP contribution in [0.15, 0.2) is 42.5 Å². The monoisotopic (exact) mass is 336 g/mol. The Kier molecular flexibility index (Phi) is 5.54. The molecular weight excluding hydrogens is 320 g/mol. The number of hydrogen-bond donors (Lipinski definition) is 2. The number of carbonyl (C=O) groups is 1. The van der Waals surface area contributed by atoms with Crippen molar-refractivity contribution >= 4 is 17.3 Å². The van der Waals surface area contributed by atoms with Crippen molar-refractivity contribution in [1.29, 1.82) is 0 Å². The van der Waals surface area contributed by atoms with Crippen LogP contribution >= 0.6 is 0 Å². The number of halogens is 2. The minimum absolute atomic E-state index is 0.0216. The predicted octanol–water partition coefficient (Wildman–Crippen LogP) is 2.14. The Bertz CT molecular complexity index is 768. The normalized spacial score (nSPS) is 11.8. The highest BCUT2D eigenvalue weighted by Gasteiger charge is 2.17. The second kappa shape index (κ2) is 7.60. The van der Waals surface area contributed by atoms with E-state index >= 15 is 0 Å². The molecule has 0 aliphatic carbocycles. The first-order valence-corrected chi connectivity index (χ1v) is 7.20. The van der Waals surface area contributed by atoms with Crippen molar-refractivity contribution in [2.75, 3.05) is 11.9 Å². The van der Waals surface area contributed by atoms with E-state index in [1.807, 2.05) is 0 Å². The van der Waals surface area contributed by atoms with Crippen LogP contribution in [0.2, 0.25) is 0 Å². The van der Waals surface area contributed by atoms with E-state index in [4.69, 9.17) is 0 Å². The topological polar surface area (TPSA) is 88.8 Å². The highest BCUT2D eigenvalue weighted by Crippen LogP contribution is 2.22. The number of quaternary nitrogens is 1. The molecule has 0 aromatic heterocycles. The molecule has 0 aliphatic heterocycles. The highest BCUT2D eigenvalue weighted by molar-refractivity contribution is 5.93. The lowest BCUT2D eigenvalue weighted by molar-refractivity contribution is -0.682. The van der Waals surface area contributed by atoms with Gasteiger partial charge in [-0.15, -0.1) is 0 Å². The SMILES string of the molecule is C[C@@H]([NH2+]CC(=O)Nc1ccccc1[N+](=O)[O-])c1ccc(F)c(F)c1. The average Bonchev–Trinajstić information content (AvgIpc) is 2.55. The third kappa shape index (κ3) is 4.32. The smallest absolute Gasteiger partial charge is 0.292 e. The highest BCUT2D eigenvalue weighted by atomic mass is 19.2. The molecule has 3 N–H and O–H groups in total. The molecule has 8 heteroatoms. The lowest BCUT2D eigenvalue weighted by Gasteiger charge is -2.11. The number of nitro groups is 1. The number of hydrogen-bond acceptors (Lipinski definition) is 3. The summed E-state index contributed by atoms with van der Waals surface area (Å²) < 4.78 is 26.1. The van der Waals surface area contributed by atoms with Gasteiger partial charge in [0.15, 0.2) is 18.2 Å². The van der Waals surface area contributed by atoms with Crippen molar-refractivity contribution in [3.8, 4) is 0 Å². The van der Waals surface area contributed by atoms with E-state index < -0.39 is 22.5 Å². The van der Waals surface area contributed by atoms with E-state index in [1.54, 1.807) is 18.3 Å². The van der Waals surface area contributed by atoms with Crippen LogP contribution < -0.4 is 10.6 Å². The first-order valence-electron chi connectivity index (χ1n) is 7.20. The van der Waals surface area contributed by atoms with Gasteiger partial charge in [0.25, 0.3) is 11.6 Å². The van der Waals surface area contributed by atoms with E-state index in [-0.39, 0.29) is 24.0 Å². The van der Waals surface area contributed by atoms with E-state index in [2.05, 4.69) is 5.32 Å². The van der Waals surface area contributed by atoms with E-state index in [1.165, 1.54) is 24.3 Å². The fraction of sp³-hybridized carbons (Fsp3) is 0.188. The van der Waals surface area contributed by atoms with Crippen LogP contribution in [0.25, 0.3) is 0 Å². The van der Waals surface area contributed by atoms with Gasteiger partial charge in [-0.2, -0.15) is 0 Å². The van der Waals surface area contributed by atoms with Crippen LogP contribution in [-0.2, 0) is 4.79 Å². The van der Waals surface area contributed by atoms with Crippen LogP contribution in [-0.4, -0.2) is 17.4 Å². The van der Waals surface area contributed by atoms with Gasteiger partial charge < -0.3 is 10.6 Å². The molecular formula is C16H16F2N3O3+. The van der Waals surface area contributed by atoms with Crippen LogP contribution in [0.4, 0.5) is 20.2 Å². The minimum Gasteiger partial charge on any atom is -0.333 e. The Morgan fingerprint density at radius 2 is 1.96 bits per heavy atom. The molecule has 24 heavy (non-hydrogen) atoms. The molecule has 0 fully saturated rings. The lowest BCUT2D eigenvalue weighted by Crippen LogP contribution is -2.86. The summed E-state index contributed by atoms with van der Waals surface area (Å²) in [7, 11) is 0. The molecule has 0 aliphatic rings. The van der Waals surface area contributed by atoms with Gasteiger partial charge in [0, 0.05) is 11.6 Å². The number of anilines is 1. The number of rotatable bonds is 6. The Balaban J connectivity index is 1.96. The number of para-hydroxylation sites is 2. The molecule has 0 bridgehead atoms. The molecule has 0 unspecified atom stereocenters. The first-order chi connectivity index (χ1) is 11.4.